The zero-order chi connectivity index (χ0) is 8.84. The van der Waals surface area contributed by atoms with E-state index in [1.54, 1.807) is 0 Å². The van der Waals surface area contributed by atoms with Crippen molar-refractivity contribution in [3.8, 4) is 0 Å². The van der Waals surface area contributed by atoms with E-state index in [9.17, 15) is 0 Å². The highest BCUT2D eigenvalue weighted by molar-refractivity contribution is 5.27. The SMILES string of the molecule is CCn1cc2c(n1)C[C@@H]1CC[C@H]2N1. The highest BCUT2D eigenvalue weighted by Crippen LogP contribution is 2.34. The first-order chi connectivity index (χ1) is 6.36. The maximum absolute atomic E-state index is 4.59. The number of nitrogens with one attached hydrogen (secondary N) is 1. The molecule has 0 aromatic carbocycles. The molecule has 2 atom stereocenters. The lowest BCUT2D eigenvalue weighted by Crippen LogP contribution is -2.31. The van der Waals surface area contributed by atoms with Crippen molar-refractivity contribution in [2.75, 3.05) is 0 Å². The van der Waals surface area contributed by atoms with Crippen molar-refractivity contribution in [3.63, 3.8) is 0 Å². The van der Waals surface area contributed by atoms with E-state index in [-0.39, 0.29) is 0 Å². The van der Waals surface area contributed by atoms with Crippen molar-refractivity contribution in [2.24, 2.45) is 0 Å². The molecule has 0 amide bonds. The van der Waals surface area contributed by atoms with Gasteiger partial charge >= 0.3 is 0 Å². The number of fused-ring (bicyclic) bond motifs is 4. The number of nitrogens with zero attached hydrogens (tertiary/aromatic N) is 2. The average molecular weight is 177 g/mol. The van der Waals surface area contributed by atoms with Crippen LogP contribution in [-0.4, -0.2) is 15.8 Å². The Hall–Kier alpha value is -0.830. The van der Waals surface area contributed by atoms with E-state index in [1.165, 1.54) is 24.1 Å². The Morgan fingerprint density at radius 3 is 3.38 bits per heavy atom. The monoisotopic (exact) mass is 177 g/mol. The third-order valence-corrected chi connectivity index (χ3v) is 3.25. The number of aryl methyl sites for hydroxylation is 1. The van der Waals surface area contributed by atoms with Gasteiger partial charge in [0.2, 0.25) is 0 Å². The van der Waals surface area contributed by atoms with Crippen LogP contribution >= 0.6 is 0 Å². The minimum atomic E-state index is 0.606. The van der Waals surface area contributed by atoms with Crippen molar-refractivity contribution < 1.29 is 0 Å². The Balaban J connectivity index is 2.04. The molecule has 2 aliphatic rings. The van der Waals surface area contributed by atoms with E-state index < -0.39 is 0 Å². The van der Waals surface area contributed by atoms with Crippen LogP contribution in [0.2, 0.25) is 0 Å². The average Bonchev–Trinajstić information content (AvgIpc) is 2.71. The van der Waals surface area contributed by atoms with Gasteiger partial charge in [-0.3, -0.25) is 4.68 Å². The summed E-state index contributed by atoms with van der Waals surface area (Å²) in [6.07, 6.45) is 5.98. The van der Waals surface area contributed by atoms with Crippen molar-refractivity contribution in [1.82, 2.24) is 15.1 Å². The fourth-order valence-corrected chi connectivity index (χ4v) is 2.55. The topological polar surface area (TPSA) is 29.9 Å². The van der Waals surface area contributed by atoms with Gasteiger partial charge in [0, 0.05) is 36.8 Å². The largest absolute Gasteiger partial charge is 0.307 e. The van der Waals surface area contributed by atoms with Gasteiger partial charge in [-0.1, -0.05) is 0 Å². The molecule has 0 saturated carbocycles. The van der Waals surface area contributed by atoms with Gasteiger partial charge < -0.3 is 5.32 Å². The quantitative estimate of drug-likeness (QED) is 0.699. The van der Waals surface area contributed by atoms with Crippen LogP contribution in [0.25, 0.3) is 0 Å². The smallest absolute Gasteiger partial charge is 0.0687 e. The van der Waals surface area contributed by atoms with Gasteiger partial charge in [0.25, 0.3) is 0 Å². The molecule has 3 heteroatoms. The molecule has 2 aliphatic heterocycles. The van der Waals surface area contributed by atoms with E-state index in [0.717, 1.165) is 13.0 Å². The molecule has 0 unspecified atom stereocenters. The predicted octanol–water partition coefficient (Wildman–Crippen LogP) is 1.25. The molecular weight excluding hydrogens is 162 g/mol. The Morgan fingerprint density at radius 1 is 1.62 bits per heavy atom. The molecule has 3 heterocycles. The van der Waals surface area contributed by atoms with Gasteiger partial charge in [0.05, 0.1) is 5.69 Å². The Kier molecular flexibility index (Phi) is 1.50. The predicted molar refractivity (Wildman–Crippen MR) is 50.5 cm³/mol. The molecule has 0 spiro atoms. The molecule has 3 rings (SSSR count). The molecule has 3 nitrogen and oxygen atoms in total. The van der Waals surface area contributed by atoms with Crippen molar-refractivity contribution in [2.45, 2.75) is 44.8 Å². The highest BCUT2D eigenvalue weighted by atomic mass is 15.3. The number of rotatable bonds is 1. The van der Waals surface area contributed by atoms with Gasteiger partial charge in [-0.15, -0.1) is 0 Å². The summed E-state index contributed by atoms with van der Waals surface area (Å²) in [6, 6.07) is 1.31. The second kappa shape index (κ2) is 2.58. The Bertz CT molecular complexity index is 329. The van der Waals surface area contributed by atoms with Gasteiger partial charge in [0.15, 0.2) is 0 Å². The molecule has 13 heavy (non-hydrogen) atoms. The number of aromatic nitrogens is 2. The first kappa shape index (κ1) is 7.56. The normalized spacial score (nSPS) is 30.5. The van der Waals surface area contributed by atoms with Gasteiger partial charge in [-0.2, -0.15) is 5.10 Å². The van der Waals surface area contributed by atoms with Crippen LogP contribution in [0, 0.1) is 0 Å². The van der Waals surface area contributed by atoms with Crippen LogP contribution in [0.15, 0.2) is 6.20 Å². The fraction of sp³-hybridized carbons (Fsp3) is 0.700. The molecular formula is C10H15N3. The summed E-state index contributed by atoms with van der Waals surface area (Å²) in [5, 5.41) is 8.22. The van der Waals surface area contributed by atoms with E-state index >= 15 is 0 Å². The van der Waals surface area contributed by atoms with Gasteiger partial charge in [-0.25, -0.2) is 0 Å². The van der Waals surface area contributed by atoms with Crippen LogP contribution < -0.4 is 5.32 Å². The summed E-state index contributed by atoms with van der Waals surface area (Å²) >= 11 is 0. The van der Waals surface area contributed by atoms with E-state index in [0.29, 0.717) is 12.1 Å². The number of hydrogen-bond donors (Lipinski definition) is 1. The van der Waals surface area contributed by atoms with Crippen LogP contribution in [0.5, 0.6) is 0 Å². The maximum atomic E-state index is 4.59. The summed E-state index contributed by atoms with van der Waals surface area (Å²) < 4.78 is 2.06. The summed E-state index contributed by atoms with van der Waals surface area (Å²) in [5.74, 6) is 0. The molecule has 1 aromatic rings. The summed E-state index contributed by atoms with van der Waals surface area (Å²) in [4.78, 5) is 0. The standard InChI is InChI=1S/C10H15N3/c1-2-13-6-8-9-4-3-7(11-9)5-10(8)12-13/h6-7,9,11H,2-5H2,1H3/t7-,9+/m0/s1. The minimum Gasteiger partial charge on any atom is -0.307 e. The Labute approximate surface area is 78.1 Å². The number of hydrogen-bond acceptors (Lipinski definition) is 2. The molecule has 1 N–H and O–H groups in total. The van der Waals surface area contributed by atoms with E-state index in [1.807, 2.05) is 0 Å². The third-order valence-electron chi connectivity index (χ3n) is 3.25. The second-order valence-electron chi connectivity index (χ2n) is 4.08. The maximum Gasteiger partial charge on any atom is 0.0687 e. The molecule has 0 aliphatic carbocycles. The molecule has 1 aromatic heterocycles. The molecule has 0 radical (unpaired) electrons. The van der Waals surface area contributed by atoms with Crippen molar-refractivity contribution in [3.05, 3.63) is 17.5 Å². The summed E-state index contributed by atoms with van der Waals surface area (Å²) in [6.45, 7) is 3.13. The van der Waals surface area contributed by atoms with Crippen molar-refractivity contribution in [1.29, 1.82) is 0 Å². The fourth-order valence-electron chi connectivity index (χ4n) is 2.55. The lowest BCUT2D eigenvalue weighted by Gasteiger charge is -2.19. The molecule has 1 saturated heterocycles. The molecule has 70 valence electrons. The lowest BCUT2D eigenvalue weighted by molar-refractivity contribution is 0.509. The zero-order valence-corrected chi connectivity index (χ0v) is 7.95. The van der Waals surface area contributed by atoms with Gasteiger partial charge in [0.1, 0.15) is 0 Å². The van der Waals surface area contributed by atoms with Crippen molar-refractivity contribution >= 4 is 0 Å². The van der Waals surface area contributed by atoms with E-state index in [2.05, 4.69) is 28.2 Å². The van der Waals surface area contributed by atoms with Crippen LogP contribution in [0.4, 0.5) is 0 Å². The minimum absolute atomic E-state index is 0.606. The second-order valence-corrected chi connectivity index (χ2v) is 4.08. The lowest BCUT2D eigenvalue weighted by atomic mass is 10.0. The van der Waals surface area contributed by atoms with Gasteiger partial charge in [-0.05, 0) is 19.8 Å². The molecule has 2 bridgehead atoms. The van der Waals surface area contributed by atoms with Crippen LogP contribution in [-0.2, 0) is 13.0 Å². The highest BCUT2D eigenvalue weighted by Gasteiger charge is 2.33. The van der Waals surface area contributed by atoms with E-state index in [4.69, 9.17) is 0 Å². The third kappa shape index (κ3) is 1.03. The Morgan fingerprint density at radius 2 is 2.54 bits per heavy atom. The summed E-state index contributed by atoms with van der Waals surface area (Å²) in [7, 11) is 0. The molecule has 1 fully saturated rings. The first-order valence-electron chi connectivity index (χ1n) is 5.19. The van der Waals surface area contributed by atoms with Crippen LogP contribution in [0.3, 0.4) is 0 Å². The van der Waals surface area contributed by atoms with Crippen LogP contribution in [0.1, 0.15) is 37.1 Å². The first-order valence-corrected chi connectivity index (χ1v) is 5.19. The summed E-state index contributed by atoms with van der Waals surface area (Å²) in [5.41, 5.74) is 2.80. The zero-order valence-electron chi connectivity index (χ0n) is 7.95.